The van der Waals surface area contributed by atoms with Gasteiger partial charge in [0.2, 0.25) is 0 Å². The van der Waals surface area contributed by atoms with Crippen molar-refractivity contribution in [3.05, 3.63) is 127 Å². The summed E-state index contributed by atoms with van der Waals surface area (Å²) in [7, 11) is 3.27. The van der Waals surface area contributed by atoms with Crippen LogP contribution in [0.15, 0.2) is 130 Å². The molecule has 1 fully saturated rings. The maximum Gasteiger partial charge on any atom is 0.199 e. The van der Waals surface area contributed by atoms with Crippen LogP contribution in [0.3, 0.4) is 0 Å². The highest BCUT2D eigenvalue weighted by Gasteiger charge is 2.33. The predicted octanol–water partition coefficient (Wildman–Crippen LogP) is 6.65. The van der Waals surface area contributed by atoms with Gasteiger partial charge >= 0.3 is 0 Å². The molecule has 7 aromatic rings. The van der Waals surface area contributed by atoms with E-state index < -0.39 is 0 Å². The number of methoxy groups -OCH3 is 2. The van der Waals surface area contributed by atoms with Crippen LogP contribution < -0.4 is 25.8 Å². The van der Waals surface area contributed by atoms with Crippen LogP contribution >= 0.6 is 0 Å². The highest BCUT2D eigenvalue weighted by Crippen LogP contribution is 2.37. The van der Waals surface area contributed by atoms with Crippen molar-refractivity contribution in [1.29, 1.82) is 0 Å². The van der Waals surface area contributed by atoms with E-state index in [0.717, 1.165) is 47.2 Å². The lowest BCUT2D eigenvalue weighted by Gasteiger charge is -2.22. The molecule has 15 nitrogen and oxygen atoms in total. The van der Waals surface area contributed by atoms with Crippen LogP contribution in [0.1, 0.15) is 30.1 Å². The van der Waals surface area contributed by atoms with Crippen molar-refractivity contribution in [3.8, 4) is 40.0 Å². The quantitative estimate of drug-likeness (QED) is 0.169. The number of nitrogens with two attached hydrogens (primary N) is 2. The topological polar surface area (TPSA) is 191 Å². The van der Waals surface area contributed by atoms with Crippen LogP contribution in [0.4, 0.5) is 17.3 Å². The molecule has 55 heavy (non-hydrogen) atoms. The number of hydrogen-bond donors (Lipinski definition) is 2. The maximum atomic E-state index is 5.91. The van der Waals surface area contributed by atoms with Crippen LogP contribution in [0.2, 0.25) is 0 Å². The van der Waals surface area contributed by atoms with Crippen molar-refractivity contribution in [2.24, 2.45) is 4.99 Å². The van der Waals surface area contributed by atoms with Crippen molar-refractivity contribution in [2.75, 3.05) is 50.3 Å². The van der Waals surface area contributed by atoms with Gasteiger partial charge in [0.1, 0.15) is 11.5 Å². The van der Waals surface area contributed by atoms with E-state index in [1.165, 1.54) is 12.8 Å². The molecule has 0 amide bonds. The molecule has 2 aliphatic rings. The Bertz CT molecular complexity index is 2310. The molecule has 1 unspecified atom stereocenters. The molecule has 0 bridgehead atoms. The maximum absolute atomic E-state index is 5.91. The Morgan fingerprint density at radius 2 is 1.22 bits per heavy atom. The van der Waals surface area contributed by atoms with Gasteiger partial charge in [-0.05, 0) is 63.3 Å². The van der Waals surface area contributed by atoms with Gasteiger partial charge in [-0.1, -0.05) is 84.9 Å². The third-order valence-electron chi connectivity index (χ3n) is 8.85. The van der Waals surface area contributed by atoms with Crippen molar-refractivity contribution in [2.45, 2.75) is 18.9 Å². The average molecular weight is 741 g/mol. The molecular weight excluding hydrogens is 701 g/mol. The smallest absolute Gasteiger partial charge is 0.199 e. The van der Waals surface area contributed by atoms with Crippen molar-refractivity contribution in [1.82, 2.24) is 30.2 Å². The normalized spacial score (nSPS) is 14.7. The van der Waals surface area contributed by atoms with E-state index in [-0.39, 0.29) is 17.7 Å². The third-order valence-corrected chi connectivity index (χ3v) is 8.85. The highest BCUT2D eigenvalue weighted by atomic mass is 16.6. The first kappa shape index (κ1) is 36.4. The van der Waals surface area contributed by atoms with Gasteiger partial charge in [0.05, 0.1) is 43.9 Å². The number of rotatable bonds is 8. The molecule has 1 saturated heterocycles. The summed E-state index contributed by atoms with van der Waals surface area (Å²) in [6.07, 6.45) is 4.47. The summed E-state index contributed by atoms with van der Waals surface area (Å²) in [4.78, 5) is 11.6. The molecule has 0 saturated carbocycles. The molecule has 2 aliphatic heterocycles. The number of ether oxygens (including phenoxy) is 3. The number of nitrogen functional groups attached to an aromatic ring is 2. The molecule has 0 spiro atoms. The summed E-state index contributed by atoms with van der Waals surface area (Å²) < 4.78 is 27.3. The lowest BCUT2D eigenvalue weighted by atomic mass is 10.1. The second-order valence-corrected chi connectivity index (χ2v) is 12.3. The first-order chi connectivity index (χ1) is 27.1. The largest absolute Gasteiger partial charge is 0.495 e. The molecule has 4 aromatic carbocycles. The fraction of sp³-hybridized carbons (Fsp3) is 0.200. The standard InChI is InChI=1S/C18H17N5O2.C18H15N5O2.C4H8O/c2*1-24-15-10-6-5-9-14(15)23-11-13(12-7-3-2-4-8-12)20-18(23)16-17(19)22-25-21-16;1-2-4-5-3-1/h2-10,13H,11H2,1H3,(H2,19,22);2-11H,1H3,(H2,19,22);1-4H2. The minimum atomic E-state index is -0.0442. The number of benzene rings is 4. The molecule has 1 atom stereocenters. The van der Waals surface area contributed by atoms with E-state index >= 15 is 0 Å². The zero-order chi connectivity index (χ0) is 38.0. The van der Waals surface area contributed by atoms with Gasteiger partial charge in [-0.2, -0.15) is 0 Å². The highest BCUT2D eigenvalue weighted by molar-refractivity contribution is 6.13. The Kier molecular flexibility index (Phi) is 11.4. The Balaban J connectivity index is 0.000000150. The number of hydrogen-bond acceptors (Lipinski definition) is 14. The van der Waals surface area contributed by atoms with Crippen molar-refractivity contribution in [3.63, 3.8) is 0 Å². The van der Waals surface area contributed by atoms with E-state index in [0.29, 0.717) is 35.3 Å². The monoisotopic (exact) mass is 740 g/mol. The fourth-order valence-corrected chi connectivity index (χ4v) is 6.15. The number of para-hydroxylation sites is 4. The van der Waals surface area contributed by atoms with E-state index in [9.17, 15) is 0 Å². The second-order valence-electron chi connectivity index (χ2n) is 12.3. The van der Waals surface area contributed by atoms with E-state index in [2.05, 4.69) is 32.8 Å². The fourth-order valence-electron chi connectivity index (χ4n) is 6.15. The minimum absolute atomic E-state index is 0.0442. The van der Waals surface area contributed by atoms with Gasteiger partial charge in [-0.15, -0.1) is 0 Å². The van der Waals surface area contributed by atoms with Gasteiger partial charge < -0.3 is 30.6 Å². The summed E-state index contributed by atoms with van der Waals surface area (Å²) in [6, 6.07) is 35.3. The molecule has 0 radical (unpaired) electrons. The third kappa shape index (κ3) is 8.16. The van der Waals surface area contributed by atoms with Gasteiger partial charge in [0.25, 0.3) is 0 Å². The van der Waals surface area contributed by atoms with Crippen LogP contribution in [-0.4, -0.2) is 70.0 Å². The van der Waals surface area contributed by atoms with Crippen molar-refractivity contribution < 1.29 is 23.5 Å². The SMILES string of the molecule is C1CCOC1.COc1ccccc1-n1cc(-c2ccccc2)nc1-c1nonc1N.COc1ccccc1N1CC(c2ccccc2)N=C1c1nonc1N. The van der Waals surface area contributed by atoms with E-state index in [1.54, 1.807) is 14.2 Å². The van der Waals surface area contributed by atoms with E-state index in [4.69, 9.17) is 44.9 Å². The molecular formula is C40H40N10O5. The number of anilines is 3. The Morgan fingerprint density at radius 1 is 0.655 bits per heavy atom. The Morgan fingerprint density at radius 3 is 1.80 bits per heavy atom. The zero-order valence-corrected chi connectivity index (χ0v) is 30.4. The molecule has 4 N–H and O–H groups in total. The molecule has 9 rings (SSSR count). The number of aliphatic imine (C=N–C) groups is 1. The molecule has 5 heterocycles. The number of imidazole rings is 1. The second kappa shape index (κ2) is 17.2. The molecule has 280 valence electrons. The average Bonchev–Trinajstić information content (AvgIpc) is 4.10. The predicted molar refractivity (Wildman–Crippen MR) is 208 cm³/mol. The van der Waals surface area contributed by atoms with Gasteiger partial charge in [-0.3, -0.25) is 9.56 Å². The lowest BCUT2D eigenvalue weighted by Crippen LogP contribution is -2.29. The Hall–Kier alpha value is -7.00. The minimum Gasteiger partial charge on any atom is -0.495 e. The number of aromatic nitrogens is 6. The Labute approximate surface area is 317 Å². The lowest BCUT2D eigenvalue weighted by molar-refractivity contribution is 0.198. The van der Waals surface area contributed by atoms with Gasteiger partial charge in [-0.25, -0.2) is 14.2 Å². The van der Waals surface area contributed by atoms with Gasteiger partial charge in [0, 0.05) is 25.0 Å². The van der Waals surface area contributed by atoms with Crippen LogP contribution in [0.5, 0.6) is 11.5 Å². The summed E-state index contributed by atoms with van der Waals surface area (Å²) in [5, 5.41) is 15.2. The van der Waals surface area contributed by atoms with Crippen molar-refractivity contribution >= 4 is 23.2 Å². The van der Waals surface area contributed by atoms with Crippen LogP contribution in [0, 0.1) is 0 Å². The van der Waals surface area contributed by atoms with Crippen LogP contribution in [-0.2, 0) is 4.74 Å². The number of nitrogens with zero attached hydrogens (tertiary/aromatic N) is 8. The van der Waals surface area contributed by atoms with E-state index in [1.807, 2.05) is 113 Å². The molecule has 0 aliphatic carbocycles. The molecule has 15 heteroatoms. The van der Waals surface area contributed by atoms with Gasteiger partial charge in [0.15, 0.2) is 34.7 Å². The summed E-state index contributed by atoms with van der Waals surface area (Å²) in [5.74, 6) is 3.00. The first-order valence-corrected chi connectivity index (χ1v) is 17.6. The zero-order valence-electron chi connectivity index (χ0n) is 30.4. The van der Waals surface area contributed by atoms with Crippen LogP contribution in [0.25, 0.3) is 28.5 Å². The molecule has 3 aromatic heterocycles. The summed E-state index contributed by atoms with van der Waals surface area (Å²) in [6.45, 7) is 2.64. The summed E-state index contributed by atoms with van der Waals surface area (Å²) in [5.41, 5.74) is 17.2. The summed E-state index contributed by atoms with van der Waals surface area (Å²) >= 11 is 0. The first-order valence-electron chi connectivity index (χ1n) is 17.6. The number of amidine groups is 1.